The van der Waals surface area contributed by atoms with Crippen molar-refractivity contribution >= 4 is 17.6 Å². The number of aromatic nitrogens is 1. The Balaban J connectivity index is 1.88. The Morgan fingerprint density at radius 2 is 2.24 bits per heavy atom. The Hall–Kier alpha value is -1.52. The van der Waals surface area contributed by atoms with Gasteiger partial charge in [-0.15, -0.1) is 0 Å². The smallest absolute Gasteiger partial charge is 0.0344 e. The van der Waals surface area contributed by atoms with E-state index >= 15 is 0 Å². The summed E-state index contributed by atoms with van der Waals surface area (Å²) >= 11 is 1.60. The summed E-state index contributed by atoms with van der Waals surface area (Å²) in [7, 11) is 0. The summed E-state index contributed by atoms with van der Waals surface area (Å²) in [5.74, 6) is 0. The Morgan fingerprint density at radius 3 is 2.94 bits per heavy atom. The van der Waals surface area contributed by atoms with Crippen LogP contribution < -0.4 is 10.5 Å². The van der Waals surface area contributed by atoms with Crippen LogP contribution in [0.25, 0.3) is 0 Å². The molecule has 17 heavy (non-hydrogen) atoms. The number of nitrogens with one attached hydrogen (secondary N) is 1. The molecule has 0 saturated heterocycles. The van der Waals surface area contributed by atoms with Gasteiger partial charge in [0, 0.05) is 29.5 Å². The molecule has 0 aliphatic rings. The summed E-state index contributed by atoms with van der Waals surface area (Å²) in [6.07, 6.45) is 3.64. The van der Waals surface area contributed by atoms with Crippen LogP contribution in [0.1, 0.15) is 11.1 Å². The van der Waals surface area contributed by atoms with Crippen molar-refractivity contribution < 1.29 is 0 Å². The fourth-order valence-corrected chi connectivity index (χ4v) is 2.19. The average Bonchev–Trinajstić information content (AvgIpc) is 2.35. The van der Waals surface area contributed by atoms with Gasteiger partial charge in [-0.1, -0.05) is 6.07 Å². The third-order valence-corrected chi connectivity index (χ3v) is 3.21. The first-order valence-corrected chi connectivity index (χ1v) is 6.22. The summed E-state index contributed by atoms with van der Waals surface area (Å²) in [5, 5.41) is 0. The molecule has 0 spiro atoms. The highest BCUT2D eigenvalue weighted by Crippen LogP contribution is 2.20. The fourth-order valence-electron chi connectivity index (χ4n) is 1.42. The van der Waals surface area contributed by atoms with Gasteiger partial charge < -0.3 is 5.73 Å². The Kier molecular flexibility index (Phi) is 4.01. The van der Waals surface area contributed by atoms with Gasteiger partial charge in [-0.25, -0.2) is 0 Å². The second kappa shape index (κ2) is 5.70. The van der Waals surface area contributed by atoms with Gasteiger partial charge in [0.25, 0.3) is 0 Å². The monoisotopic (exact) mass is 245 g/mol. The topological polar surface area (TPSA) is 50.9 Å². The lowest BCUT2D eigenvalue weighted by atomic mass is 10.2. The number of nitrogens with zero attached hydrogens (tertiary/aromatic N) is 1. The van der Waals surface area contributed by atoms with E-state index in [4.69, 9.17) is 5.73 Å². The van der Waals surface area contributed by atoms with Gasteiger partial charge in [0.05, 0.1) is 0 Å². The van der Waals surface area contributed by atoms with Crippen molar-refractivity contribution in [2.45, 2.75) is 18.4 Å². The predicted octanol–water partition coefficient (Wildman–Crippen LogP) is 2.77. The highest BCUT2D eigenvalue weighted by molar-refractivity contribution is 7.97. The number of rotatable bonds is 4. The van der Waals surface area contributed by atoms with Crippen LogP contribution in [0.4, 0.5) is 5.69 Å². The quantitative estimate of drug-likeness (QED) is 0.642. The molecule has 0 saturated carbocycles. The van der Waals surface area contributed by atoms with Gasteiger partial charge >= 0.3 is 0 Å². The second-order valence-corrected chi connectivity index (χ2v) is 4.77. The maximum Gasteiger partial charge on any atom is 0.0344 e. The SMILES string of the molecule is Cc1cc(SNCc2cccnc2)ccc1N. The number of pyridine rings is 1. The largest absolute Gasteiger partial charge is 0.399 e. The van der Waals surface area contributed by atoms with Crippen molar-refractivity contribution in [1.29, 1.82) is 0 Å². The number of nitrogen functional groups attached to an aromatic ring is 1. The highest BCUT2D eigenvalue weighted by atomic mass is 32.2. The zero-order valence-electron chi connectivity index (χ0n) is 9.68. The maximum atomic E-state index is 5.77. The summed E-state index contributed by atoms with van der Waals surface area (Å²) in [5.41, 5.74) is 8.89. The van der Waals surface area contributed by atoms with E-state index in [1.807, 2.05) is 31.3 Å². The van der Waals surface area contributed by atoms with Crippen LogP contribution in [0.2, 0.25) is 0 Å². The third-order valence-electron chi connectivity index (χ3n) is 2.43. The molecule has 3 N–H and O–H groups in total. The van der Waals surface area contributed by atoms with Crippen molar-refractivity contribution in [2.24, 2.45) is 0 Å². The third kappa shape index (κ3) is 3.47. The van der Waals surface area contributed by atoms with E-state index < -0.39 is 0 Å². The van der Waals surface area contributed by atoms with Crippen LogP contribution in [-0.4, -0.2) is 4.98 Å². The molecule has 1 aromatic carbocycles. The lowest BCUT2D eigenvalue weighted by Crippen LogP contribution is -2.03. The molecule has 0 bridgehead atoms. The van der Waals surface area contributed by atoms with E-state index in [9.17, 15) is 0 Å². The Bertz CT molecular complexity index is 485. The van der Waals surface area contributed by atoms with Crippen LogP contribution >= 0.6 is 11.9 Å². The van der Waals surface area contributed by atoms with Crippen LogP contribution in [0.5, 0.6) is 0 Å². The number of hydrogen-bond acceptors (Lipinski definition) is 4. The molecule has 2 aromatic rings. The minimum Gasteiger partial charge on any atom is -0.399 e. The molecule has 1 heterocycles. The fraction of sp³-hybridized carbons (Fsp3) is 0.154. The van der Waals surface area contributed by atoms with Gasteiger partial charge in [0.1, 0.15) is 0 Å². The first kappa shape index (κ1) is 12.0. The molecule has 0 aliphatic carbocycles. The molecule has 0 atom stereocenters. The molecule has 1 aromatic heterocycles. The molecule has 0 aliphatic heterocycles. The van der Waals surface area contributed by atoms with Crippen LogP contribution in [0.15, 0.2) is 47.6 Å². The van der Waals surface area contributed by atoms with Crippen LogP contribution in [0, 0.1) is 6.92 Å². The van der Waals surface area contributed by atoms with E-state index in [-0.39, 0.29) is 0 Å². The minimum absolute atomic E-state index is 0.794. The van der Waals surface area contributed by atoms with E-state index in [0.29, 0.717) is 0 Å². The predicted molar refractivity (Wildman–Crippen MR) is 72.5 cm³/mol. The highest BCUT2D eigenvalue weighted by Gasteiger charge is 1.98. The average molecular weight is 245 g/mol. The van der Waals surface area contributed by atoms with Crippen LogP contribution in [0.3, 0.4) is 0 Å². The molecule has 2 rings (SSSR count). The molecule has 0 radical (unpaired) electrons. The van der Waals surface area contributed by atoms with E-state index in [1.165, 1.54) is 10.5 Å². The van der Waals surface area contributed by atoms with Crippen molar-refractivity contribution in [3.05, 3.63) is 53.9 Å². The van der Waals surface area contributed by atoms with E-state index in [1.54, 1.807) is 18.1 Å². The van der Waals surface area contributed by atoms with Crippen molar-refractivity contribution in [3.63, 3.8) is 0 Å². The first-order valence-electron chi connectivity index (χ1n) is 5.40. The number of aryl methyl sites for hydroxylation is 1. The standard InChI is InChI=1S/C13H15N3S/c1-10-7-12(4-5-13(10)14)17-16-9-11-3-2-6-15-8-11/h2-8,16H,9,14H2,1H3. The minimum atomic E-state index is 0.794. The molecular weight excluding hydrogens is 230 g/mol. The van der Waals surface area contributed by atoms with Gasteiger partial charge in [-0.3, -0.25) is 9.71 Å². The van der Waals surface area contributed by atoms with Crippen molar-refractivity contribution in [2.75, 3.05) is 5.73 Å². The normalized spacial score (nSPS) is 10.4. The molecule has 0 unspecified atom stereocenters. The first-order chi connectivity index (χ1) is 8.25. The lowest BCUT2D eigenvalue weighted by molar-refractivity contribution is 0.962. The Morgan fingerprint density at radius 1 is 1.35 bits per heavy atom. The Labute approximate surface area is 106 Å². The zero-order chi connectivity index (χ0) is 12.1. The van der Waals surface area contributed by atoms with E-state index in [0.717, 1.165) is 17.8 Å². The van der Waals surface area contributed by atoms with Gasteiger partial charge in [0.15, 0.2) is 0 Å². The molecule has 0 amide bonds. The van der Waals surface area contributed by atoms with E-state index in [2.05, 4.69) is 21.8 Å². The number of hydrogen-bond donors (Lipinski definition) is 2. The van der Waals surface area contributed by atoms with Gasteiger partial charge in [-0.2, -0.15) is 0 Å². The number of anilines is 1. The van der Waals surface area contributed by atoms with Crippen molar-refractivity contribution in [3.8, 4) is 0 Å². The molecular formula is C13H15N3S. The van der Waals surface area contributed by atoms with Gasteiger partial charge in [0.2, 0.25) is 0 Å². The molecule has 3 nitrogen and oxygen atoms in total. The summed E-state index contributed by atoms with van der Waals surface area (Å²) in [6.45, 7) is 2.81. The summed E-state index contributed by atoms with van der Waals surface area (Å²) in [6, 6.07) is 10.0. The zero-order valence-corrected chi connectivity index (χ0v) is 10.5. The number of nitrogens with two attached hydrogens (primary N) is 1. The van der Waals surface area contributed by atoms with Crippen LogP contribution in [-0.2, 0) is 6.54 Å². The maximum absolute atomic E-state index is 5.77. The second-order valence-electron chi connectivity index (χ2n) is 3.80. The van der Waals surface area contributed by atoms with Gasteiger partial charge in [-0.05, 0) is 54.3 Å². The lowest BCUT2D eigenvalue weighted by Gasteiger charge is -2.06. The molecule has 4 heteroatoms. The summed E-state index contributed by atoms with van der Waals surface area (Å²) in [4.78, 5) is 5.24. The number of benzene rings is 1. The summed E-state index contributed by atoms with van der Waals surface area (Å²) < 4.78 is 3.30. The van der Waals surface area contributed by atoms with Crippen molar-refractivity contribution in [1.82, 2.24) is 9.71 Å². The molecule has 0 fully saturated rings. The molecule has 88 valence electrons.